The summed E-state index contributed by atoms with van der Waals surface area (Å²) in [5.41, 5.74) is 0.843. The molecule has 0 radical (unpaired) electrons. The molecule has 0 aliphatic carbocycles. The molecule has 1 aromatic rings. The number of likely N-dealkylation sites (tertiary alicyclic amines) is 2. The van der Waals surface area contributed by atoms with Gasteiger partial charge in [0.2, 0.25) is 11.8 Å². The molecule has 3 aliphatic heterocycles. The minimum Gasteiger partial charge on any atom is -0.497 e. The molecule has 6 nitrogen and oxygen atoms in total. The number of rotatable bonds is 6. The van der Waals surface area contributed by atoms with Crippen molar-refractivity contribution in [2.45, 2.75) is 51.0 Å². The van der Waals surface area contributed by atoms with Crippen LogP contribution in [0.4, 0.5) is 5.69 Å². The summed E-state index contributed by atoms with van der Waals surface area (Å²) in [7, 11) is 1.63. The Balaban J connectivity index is 1.38. The van der Waals surface area contributed by atoms with Crippen molar-refractivity contribution in [2.24, 2.45) is 5.92 Å². The van der Waals surface area contributed by atoms with Crippen molar-refractivity contribution >= 4 is 17.5 Å². The lowest BCUT2D eigenvalue weighted by atomic mass is 9.96. The Morgan fingerprint density at radius 1 is 1.07 bits per heavy atom. The number of hydrogen-bond acceptors (Lipinski definition) is 4. The fraction of sp³-hybridized carbons (Fsp3) is 0.652. The molecule has 29 heavy (non-hydrogen) atoms. The smallest absolute Gasteiger partial charge is 0.228 e. The molecule has 3 saturated heterocycles. The summed E-state index contributed by atoms with van der Waals surface area (Å²) in [6.45, 7) is 4.83. The van der Waals surface area contributed by atoms with Crippen LogP contribution < -0.4 is 9.64 Å². The van der Waals surface area contributed by atoms with E-state index in [9.17, 15) is 9.59 Å². The average Bonchev–Trinajstić information content (AvgIpc) is 3.42. The van der Waals surface area contributed by atoms with Crippen LogP contribution in [0, 0.1) is 5.92 Å². The molecule has 158 valence electrons. The van der Waals surface area contributed by atoms with Crippen LogP contribution in [0.2, 0.25) is 0 Å². The zero-order chi connectivity index (χ0) is 20.2. The summed E-state index contributed by atoms with van der Waals surface area (Å²) in [5, 5.41) is 0. The topological polar surface area (TPSA) is 53.1 Å². The summed E-state index contributed by atoms with van der Waals surface area (Å²) in [5.74, 6) is 0.763. The van der Waals surface area contributed by atoms with Crippen LogP contribution in [0.15, 0.2) is 24.3 Å². The number of ether oxygens (including phenoxy) is 1. The first-order valence-electron chi connectivity index (χ1n) is 11.1. The predicted octanol–water partition coefficient (Wildman–Crippen LogP) is 2.92. The maximum Gasteiger partial charge on any atom is 0.228 e. The summed E-state index contributed by atoms with van der Waals surface area (Å²) < 4.78 is 5.20. The molecule has 0 saturated carbocycles. The Hall–Kier alpha value is -2.08. The third-order valence-electron chi connectivity index (χ3n) is 6.75. The predicted molar refractivity (Wildman–Crippen MR) is 113 cm³/mol. The molecule has 2 amide bonds. The lowest BCUT2D eigenvalue weighted by molar-refractivity contribution is -0.139. The van der Waals surface area contributed by atoms with Crippen LogP contribution in [0.25, 0.3) is 0 Å². The van der Waals surface area contributed by atoms with Crippen LogP contribution in [-0.4, -0.2) is 67.5 Å². The molecule has 0 aromatic heterocycles. The fourth-order valence-electron chi connectivity index (χ4n) is 5.05. The van der Waals surface area contributed by atoms with Crippen molar-refractivity contribution in [1.29, 1.82) is 0 Å². The third kappa shape index (κ3) is 4.58. The minimum absolute atomic E-state index is 0.0409. The molecule has 6 heteroatoms. The van der Waals surface area contributed by atoms with E-state index in [-0.39, 0.29) is 17.7 Å². The third-order valence-corrected chi connectivity index (χ3v) is 6.75. The number of amides is 2. The molecular weight excluding hydrogens is 366 g/mol. The van der Waals surface area contributed by atoms with Gasteiger partial charge in [0.25, 0.3) is 0 Å². The van der Waals surface area contributed by atoms with Crippen molar-refractivity contribution in [2.75, 3.05) is 44.7 Å². The van der Waals surface area contributed by atoms with Crippen LogP contribution in [0.5, 0.6) is 5.75 Å². The number of piperidine rings is 1. The van der Waals surface area contributed by atoms with E-state index in [1.54, 1.807) is 12.0 Å². The highest BCUT2D eigenvalue weighted by Gasteiger charge is 2.39. The van der Waals surface area contributed by atoms with E-state index in [2.05, 4.69) is 9.80 Å². The Labute approximate surface area is 173 Å². The van der Waals surface area contributed by atoms with E-state index in [1.165, 1.54) is 32.4 Å². The fourth-order valence-corrected chi connectivity index (χ4v) is 5.05. The summed E-state index contributed by atoms with van der Waals surface area (Å²) in [4.78, 5) is 32.4. The van der Waals surface area contributed by atoms with Crippen LogP contribution in [-0.2, 0) is 9.59 Å². The highest BCUT2D eigenvalue weighted by molar-refractivity contribution is 6.00. The SMILES string of the molecule is COc1ccc(N2CC(C(=O)N3CCCCC3CCN3CCCC3)CC2=O)cc1. The van der Waals surface area contributed by atoms with E-state index in [0.29, 0.717) is 19.0 Å². The highest BCUT2D eigenvalue weighted by atomic mass is 16.5. The first-order chi connectivity index (χ1) is 14.2. The van der Waals surface area contributed by atoms with Gasteiger partial charge in [-0.15, -0.1) is 0 Å². The van der Waals surface area contributed by atoms with Crippen molar-refractivity contribution in [1.82, 2.24) is 9.80 Å². The molecule has 0 N–H and O–H groups in total. The highest BCUT2D eigenvalue weighted by Crippen LogP contribution is 2.30. The molecule has 3 fully saturated rings. The maximum atomic E-state index is 13.3. The van der Waals surface area contributed by atoms with Crippen molar-refractivity contribution in [3.05, 3.63) is 24.3 Å². The standard InChI is InChI=1S/C23H33N3O3/c1-29-21-9-7-20(8-10-21)26-17-18(16-22(26)27)23(28)25-14-3-2-6-19(25)11-15-24-12-4-5-13-24/h7-10,18-19H,2-6,11-17H2,1H3. The number of benzene rings is 1. The Bertz CT molecular complexity index is 715. The second-order valence-corrected chi connectivity index (χ2v) is 8.62. The number of hydrogen-bond donors (Lipinski definition) is 0. The van der Waals surface area contributed by atoms with Gasteiger partial charge in [0, 0.05) is 37.8 Å². The molecule has 1 aromatic carbocycles. The van der Waals surface area contributed by atoms with Crippen LogP contribution in [0.3, 0.4) is 0 Å². The van der Waals surface area contributed by atoms with Crippen LogP contribution in [0.1, 0.15) is 44.9 Å². The average molecular weight is 400 g/mol. The quantitative estimate of drug-likeness (QED) is 0.738. The van der Waals surface area contributed by atoms with Crippen molar-refractivity contribution in [3.8, 4) is 5.75 Å². The minimum atomic E-state index is -0.225. The summed E-state index contributed by atoms with van der Waals surface area (Å²) >= 11 is 0. The van der Waals surface area contributed by atoms with Crippen LogP contribution >= 0.6 is 0 Å². The first kappa shape index (κ1) is 20.2. The van der Waals surface area contributed by atoms with Crippen molar-refractivity contribution in [3.63, 3.8) is 0 Å². The lowest BCUT2D eigenvalue weighted by Crippen LogP contribution is -2.48. The second kappa shape index (κ2) is 9.16. The van der Waals surface area contributed by atoms with E-state index in [1.807, 2.05) is 24.3 Å². The van der Waals surface area contributed by atoms with Gasteiger partial charge < -0.3 is 19.4 Å². The van der Waals surface area contributed by atoms with Gasteiger partial charge in [-0.05, 0) is 75.9 Å². The van der Waals surface area contributed by atoms with Gasteiger partial charge in [0.05, 0.1) is 13.0 Å². The largest absolute Gasteiger partial charge is 0.497 e. The molecule has 0 spiro atoms. The van der Waals surface area contributed by atoms with Gasteiger partial charge in [0.15, 0.2) is 0 Å². The monoisotopic (exact) mass is 399 g/mol. The van der Waals surface area contributed by atoms with Gasteiger partial charge in [0.1, 0.15) is 5.75 Å². The van der Waals surface area contributed by atoms with E-state index >= 15 is 0 Å². The Morgan fingerprint density at radius 2 is 1.79 bits per heavy atom. The molecule has 2 atom stereocenters. The Kier molecular flexibility index (Phi) is 6.38. The number of carbonyl (C=O) groups excluding carboxylic acids is 2. The van der Waals surface area contributed by atoms with Gasteiger partial charge in [-0.1, -0.05) is 0 Å². The molecule has 3 aliphatic rings. The lowest BCUT2D eigenvalue weighted by Gasteiger charge is -2.38. The molecular formula is C23H33N3O3. The number of nitrogens with zero attached hydrogens (tertiary/aromatic N) is 3. The van der Waals surface area contributed by atoms with Crippen molar-refractivity contribution < 1.29 is 14.3 Å². The molecule has 4 rings (SSSR count). The Morgan fingerprint density at radius 3 is 2.52 bits per heavy atom. The van der Waals surface area contributed by atoms with Gasteiger partial charge in [-0.25, -0.2) is 0 Å². The number of methoxy groups -OCH3 is 1. The normalized spacial score (nSPS) is 25.6. The second-order valence-electron chi connectivity index (χ2n) is 8.62. The zero-order valence-corrected chi connectivity index (χ0v) is 17.5. The summed E-state index contributed by atoms with van der Waals surface area (Å²) in [6, 6.07) is 7.84. The van der Waals surface area contributed by atoms with Gasteiger partial charge >= 0.3 is 0 Å². The van der Waals surface area contributed by atoms with Gasteiger partial charge in [-0.3, -0.25) is 9.59 Å². The van der Waals surface area contributed by atoms with E-state index in [0.717, 1.165) is 43.8 Å². The number of carbonyl (C=O) groups is 2. The molecule has 0 bridgehead atoms. The number of anilines is 1. The van der Waals surface area contributed by atoms with E-state index in [4.69, 9.17) is 4.74 Å². The molecule has 2 unspecified atom stereocenters. The first-order valence-corrected chi connectivity index (χ1v) is 11.1. The van der Waals surface area contributed by atoms with E-state index < -0.39 is 0 Å². The molecule has 3 heterocycles. The summed E-state index contributed by atoms with van der Waals surface area (Å²) in [6.07, 6.45) is 7.37. The van der Waals surface area contributed by atoms with Gasteiger partial charge in [-0.2, -0.15) is 0 Å². The maximum absolute atomic E-state index is 13.3. The zero-order valence-electron chi connectivity index (χ0n) is 17.5.